The summed E-state index contributed by atoms with van der Waals surface area (Å²) in [4.78, 5) is 3.50. The predicted molar refractivity (Wildman–Crippen MR) is 49.9 cm³/mol. The van der Waals surface area contributed by atoms with Gasteiger partial charge >= 0.3 is 6.18 Å². The summed E-state index contributed by atoms with van der Waals surface area (Å²) < 4.78 is 41.7. The minimum atomic E-state index is -4.36. The lowest BCUT2D eigenvalue weighted by Gasteiger charge is -2.05. The molecule has 2 nitrogen and oxygen atoms in total. The van der Waals surface area contributed by atoms with Crippen LogP contribution in [0.25, 0.3) is 6.08 Å². The summed E-state index contributed by atoms with van der Waals surface area (Å²) in [7, 11) is 0. The zero-order valence-corrected chi connectivity index (χ0v) is 8.08. The summed E-state index contributed by atoms with van der Waals surface area (Å²) in [5, 5.41) is 0. The van der Waals surface area contributed by atoms with Crippen molar-refractivity contribution in [2.45, 2.75) is 13.1 Å². The van der Waals surface area contributed by atoms with Crippen molar-refractivity contribution in [1.29, 1.82) is 0 Å². The quantitative estimate of drug-likeness (QED) is 0.726. The van der Waals surface area contributed by atoms with E-state index in [4.69, 9.17) is 4.74 Å². The molecule has 15 heavy (non-hydrogen) atoms. The van der Waals surface area contributed by atoms with Gasteiger partial charge in [0.1, 0.15) is 0 Å². The molecule has 0 fully saturated rings. The number of ether oxygens (including phenoxy) is 1. The Morgan fingerprint density at radius 2 is 2.13 bits per heavy atom. The van der Waals surface area contributed by atoms with E-state index >= 15 is 0 Å². The van der Waals surface area contributed by atoms with Crippen molar-refractivity contribution in [3.63, 3.8) is 0 Å². The van der Waals surface area contributed by atoms with Crippen LogP contribution < -0.4 is 0 Å². The summed E-state index contributed by atoms with van der Waals surface area (Å²) in [6.45, 7) is 2.26. The van der Waals surface area contributed by atoms with Gasteiger partial charge in [-0.2, -0.15) is 13.2 Å². The first-order valence-corrected chi connectivity index (χ1v) is 4.34. The van der Waals surface area contributed by atoms with Gasteiger partial charge in [-0.3, -0.25) is 4.98 Å². The van der Waals surface area contributed by atoms with E-state index in [0.717, 1.165) is 12.3 Å². The molecule has 0 atom stereocenters. The van der Waals surface area contributed by atoms with Crippen LogP contribution in [0.3, 0.4) is 0 Å². The number of nitrogens with zero attached hydrogens (tertiary/aromatic N) is 1. The Morgan fingerprint density at radius 3 is 2.73 bits per heavy atom. The number of alkyl halides is 3. The highest BCUT2D eigenvalue weighted by Crippen LogP contribution is 2.28. The molecule has 0 aromatic carbocycles. The van der Waals surface area contributed by atoms with Gasteiger partial charge < -0.3 is 4.74 Å². The van der Waals surface area contributed by atoms with Gasteiger partial charge in [0.2, 0.25) is 0 Å². The van der Waals surface area contributed by atoms with Gasteiger partial charge in [-0.25, -0.2) is 0 Å². The number of pyridine rings is 1. The van der Waals surface area contributed by atoms with Gasteiger partial charge in [0.25, 0.3) is 0 Å². The second-order valence-corrected chi connectivity index (χ2v) is 2.76. The minimum Gasteiger partial charge on any atom is -0.501 e. The van der Waals surface area contributed by atoms with E-state index < -0.39 is 11.7 Å². The van der Waals surface area contributed by atoms with Crippen LogP contribution in [0.4, 0.5) is 13.2 Å². The molecule has 0 amide bonds. The van der Waals surface area contributed by atoms with Crippen LogP contribution in [-0.4, -0.2) is 11.6 Å². The van der Waals surface area contributed by atoms with E-state index in [0.29, 0.717) is 12.2 Å². The SMILES string of the molecule is CCO/C=C/c1cncc(C(F)(F)F)c1. The molecule has 0 aliphatic rings. The average Bonchev–Trinajstić information content (AvgIpc) is 2.17. The molecule has 0 unspecified atom stereocenters. The molecule has 82 valence electrons. The summed E-state index contributed by atoms with van der Waals surface area (Å²) in [5.41, 5.74) is -0.403. The maximum atomic E-state index is 12.3. The topological polar surface area (TPSA) is 22.1 Å². The van der Waals surface area contributed by atoms with Crippen molar-refractivity contribution < 1.29 is 17.9 Å². The van der Waals surface area contributed by atoms with Crippen LogP contribution >= 0.6 is 0 Å². The van der Waals surface area contributed by atoms with E-state index in [1.54, 1.807) is 6.92 Å². The third-order valence-corrected chi connectivity index (χ3v) is 1.61. The molecule has 0 N–H and O–H groups in total. The Balaban J connectivity index is 2.84. The molecule has 0 aliphatic heterocycles. The normalized spacial score (nSPS) is 12.0. The molecule has 1 heterocycles. The summed E-state index contributed by atoms with van der Waals surface area (Å²) in [6, 6.07) is 1.02. The van der Waals surface area contributed by atoms with Crippen LogP contribution in [0.1, 0.15) is 18.1 Å². The monoisotopic (exact) mass is 217 g/mol. The lowest BCUT2D eigenvalue weighted by Crippen LogP contribution is -2.05. The highest BCUT2D eigenvalue weighted by atomic mass is 19.4. The lowest BCUT2D eigenvalue weighted by molar-refractivity contribution is -0.137. The standard InChI is InChI=1S/C10H10F3NO/c1-2-15-4-3-8-5-9(7-14-6-8)10(11,12)13/h3-7H,2H2,1H3/b4-3+. The maximum Gasteiger partial charge on any atom is 0.417 e. The fourth-order valence-electron chi connectivity index (χ4n) is 0.927. The molecule has 1 aromatic heterocycles. The smallest absolute Gasteiger partial charge is 0.417 e. The van der Waals surface area contributed by atoms with Crippen LogP contribution in [0.5, 0.6) is 0 Å². The van der Waals surface area contributed by atoms with Crippen LogP contribution in [0.15, 0.2) is 24.7 Å². The maximum absolute atomic E-state index is 12.3. The van der Waals surface area contributed by atoms with E-state index in [2.05, 4.69) is 4.98 Å². The van der Waals surface area contributed by atoms with Gasteiger partial charge in [-0.1, -0.05) is 0 Å². The van der Waals surface area contributed by atoms with Crippen molar-refractivity contribution in [2.24, 2.45) is 0 Å². The molecular weight excluding hydrogens is 207 g/mol. The van der Waals surface area contributed by atoms with Crippen molar-refractivity contribution in [2.75, 3.05) is 6.61 Å². The molecule has 5 heteroatoms. The Hall–Kier alpha value is -1.52. The third kappa shape index (κ3) is 3.61. The van der Waals surface area contributed by atoms with Crippen molar-refractivity contribution in [1.82, 2.24) is 4.98 Å². The van der Waals surface area contributed by atoms with Crippen molar-refractivity contribution in [3.8, 4) is 0 Å². The molecule has 1 rings (SSSR count). The van der Waals surface area contributed by atoms with E-state index in [1.165, 1.54) is 18.5 Å². The Labute approximate surface area is 85.4 Å². The number of aromatic nitrogens is 1. The summed E-state index contributed by atoms with van der Waals surface area (Å²) >= 11 is 0. The van der Waals surface area contributed by atoms with E-state index in [9.17, 15) is 13.2 Å². The molecule has 0 aliphatic carbocycles. The zero-order valence-electron chi connectivity index (χ0n) is 8.08. The molecule has 0 saturated heterocycles. The molecular formula is C10H10F3NO. The first-order valence-electron chi connectivity index (χ1n) is 4.34. The zero-order chi connectivity index (χ0) is 11.3. The highest BCUT2D eigenvalue weighted by Gasteiger charge is 2.30. The highest BCUT2D eigenvalue weighted by molar-refractivity contribution is 5.47. The number of hydrogen-bond acceptors (Lipinski definition) is 2. The van der Waals surface area contributed by atoms with Gasteiger partial charge in [0.05, 0.1) is 18.4 Å². The minimum absolute atomic E-state index is 0.360. The summed E-state index contributed by atoms with van der Waals surface area (Å²) in [5.74, 6) is 0. The Kier molecular flexibility index (Phi) is 3.71. The third-order valence-electron chi connectivity index (χ3n) is 1.61. The second kappa shape index (κ2) is 4.82. The molecule has 0 bridgehead atoms. The lowest BCUT2D eigenvalue weighted by atomic mass is 10.2. The van der Waals surface area contributed by atoms with Crippen molar-refractivity contribution in [3.05, 3.63) is 35.8 Å². The van der Waals surface area contributed by atoms with Crippen LogP contribution in [0.2, 0.25) is 0 Å². The van der Waals surface area contributed by atoms with E-state index in [-0.39, 0.29) is 0 Å². The molecule has 0 radical (unpaired) electrons. The van der Waals surface area contributed by atoms with Gasteiger partial charge in [-0.15, -0.1) is 0 Å². The Bertz CT molecular complexity index is 347. The van der Waals surface area contributed by atoms with E-state index in [1.807, 2.05) is 0 Å². The second-order valence-electron chi connectivity index (χ2n) is 2.76. The largest absolute Gasteiger partial charge is 0.501 e. The number of halogens is 3. The number of hydrogen-bond donors (Lipinski definition) is 0. The van der Waals surface area contributed by atoms with Crippen LogP contribution in [0, 0.1) is 0 Å². The van der Waals surface area contributed by atoms with Crippen LogP contribution in [-0.2, 0) is 10.9 Å². The Morgan fingerprint density at radius 1 is 1.40 bits per heavy atom. The molecule has 0 saturated carbocycles. The van der Waals surface area contributed by atoms with Gasteiger partial charge in [0, 0.05) is 12.4 Å². The van der Waals surface area contributed by atoms with Gasteiger partial charge in [0.15, 0.2) is 0 Å². The van der Waals surface area contributed by atoms with Crippen molar-refractivity contribution >= 4 is 6.08 Å². The summed E-state index contributed by atoms with van der Waals surface area (Å²) in [6.07, 6.45) is 0.550. The molecule has 0 spiro atoms. The number of rotatable bonds is 3. The molecule has 1 aromatic rings. The average molecular weight is 217 g/mol. The first-order chi connectivity index (χ1) is 7.04. The fourth-order valence-corrected chi connectivity index (χ4v) is 0.927. The fraction of sp³-hybridized carbons (Fsp3) is 0.300. The predicted octanol–water partition coefficient (Wildman–Crippen LogP) is 3.11. The first kappa shape index (κ1) is 11.6. The van der Waals surface area contributed by atoms with Gasteiger partial charge in [-0.05, 0) is 24.6 Å².